The van der Waals surface area contributed by atoms with E-state index in [1.807, 2.05) is 0 Å². The number of hydrogen-bond donors (Lipinski definition) is 3. The molecule has 0 heterocycles. The maximum absolute atomic E-state index is 11.9. The Morgan fingerprint density at radius 2 is 2.11 bits per heavy atom. The zero-order chi connectivity index (χ0) is 13.6. The van der Waals surface area contributed by atoms with E-state index >= 15 is 0 Å². The van der Waals surface area contributed by atoms with Gasteiger partial charge in [0, 0.05) is 6.42 Å². The third-order valence-corrected chi connectivity index (χ3v) is 3.86. The number of rotatable bonds is 5. The molecule has 5 nitrogen and oxygen atoms in total. The quantitative estimate of drug-likeness (QED) is 0.304. The van der Waals surface area contributed by atoms with E-state index in [4.69, 9.17) is 10.9 Å². The fourth-order valence-electron chi connectivity index (χ4n) is 2.46. The van der Waals surface area contributed by atoms with Crippen LogP contribution in [0.1, 0.15) is 58.8 Å². The minimum atomic E-state index is -0.633. The average molecular weight is 255 g/mol. The van der Waals surface area contributed by atoms with Crippen LogP contribution in [0.4, 0.5) is 0 Å². The molecule has 0 aromatic rings. The molecule has 0 spiro atoms. The summed E-state index contributed by atoms with van der Waals surface area (Å²) in [7, 11) is 0. The van der Waals surface area contributed by atoms with Crippen molar-refractivity contribution < 1.29 is 10.0 Å². The number of nitrogens with two attached hydrogens (primary N) is 1. The molecule has 0 radical (unpaired) electrons. The summed E-state index contributed by atoms with van der Waals surface area (Å²) in [6, 6.07) is 0. The second-order valence-electron chi connectivity index (χ2n) is 5.40. The molecule has 104 valence electrons. The van der Waals surface area contributed by atoms with Gasteiger partial charge in [0.05, 0.1) is 0 Å². The second kappa shape index (κ2) is 6.61. The van der Waals surface area contributed by atoms with Gasteiger partial charge in [0.15, 0.2) is 5.84 Å². The lowest BCUT2D eigenvalue weighted by atomic mass is 9.76. The van der Waals surface area contributed by atoms with Crippen LogP contribution >= 0.6 is 0 Å². The van der Waals surface area contributed by atoms with Crippen LogP contribution in [0, 0.1) is 5.92 Å². The molecule has 1 rings (SSSR count). The van der Waals surface area contributed by atoms with Crippen molar-refractivity contribution in [3.8, 4) is 0 Å². The van der Waals surface area contributed by atoms with E-state index in [9.17, 15) is 4.79 Å². The van der Waals surface area contributed by atoms with E-state index in [1.54, 1.807) is 0 Å². The topological polar surface area (TPSA) is 87.7 Å². The highest BCUT2D eigenvalue weighted by Gasteiger charge is 2.39. The first-order valence-electron chi connectivity index (χ1n) is 6.83. The number of nitrogens with zero attached hydrogens (tertiary/aromatic N) is 1. The van der Waals surface area contributed by atoms with Crippen molar-refractivity contribution >= 4 is 11.7 Å². The zero-order valence-electron chi connectivity index (χ0n) is 11.4. The molecule has 0 atom stereocenters. The number of oxime groups is 1. The Labute approximate surface area is 109 Å². The molecule has 0 aromatic heterocycles. The number of carbonyl (C=O) groups excluding carboxylic acids is 1. The predicted octanol–water partition coefficient (Wildman–Crippen LogP) is 1.99. The molecule has 1 fully saturated rings. The van der Waals surface area contributed by atoms with Crippen LogP contribution < -0.4 is 11.1 Å². The van der Waals surface area contributed by atoms with Gasteiger partial charge in [0.25, 0.3) is 0 Å². The van der Waals surface area contributed by atoms with Crippen LogP contribution in [0.3, 0.4) is 0 Å². The molecule has 5 heteroatoms. The van der Waals surface area contributed by atoms with Gasteiger partial charge < -0.3 is 16.3 Å². The van der Waals surface area contributed by atoms with Crippen LogP contribution in [0.15, 0.2) is 5.16 Å². The summed E-state index contributed by atoms with van der Waals surface area (Å²) < 4.78 is 0. The molecule has 18 heavy (non-hydrogen) atoms. The highest BCUT2D eigenvalue weighted by Crippen LogP contribution is 2.32. The molecule has 0 saturated heterocycles. The Bertz CT molecular complexity index is 307. The molecular weight excluding hydrogens is 230 g/mol. The number of amidine groups is 1. The van der Waals surface area contributed by atoms with Crippen molar-refractivity contribution in [3.05, 3.63) is 0 Å². The monoisotopic (exact) mass is 255 g/mol. The normalized spacial score (nSPS) is 29.0. The number of unbranched alkanes of at least 4 members (excludes halogenated alkanes) is 1. The SMILES string of the molecule is CCCCC(=O)NC1(/C(N)=N/O)CCC(C)CC1. The van der Waals surface area contributed by atoms with Crippen LogP contribution in [-0.2, 0) is 4.79 Å². The minimum absolute atomic E-state index is 0.00185. The molecule has 1 saturated carbocycles. The Balaban J connectivity index is 2.70. The number of hydrogen-bond acceptors (Lipinski definition) is 3. The molecule has 4 N–H and O–H groups in total. The molecule has 0 bridgehead atoms. The highest BCUT2D eigenvalue weighted by molar-refractivity contribution is 5.94. The first-order valence-corrected chi connectivity index (χ1v) is 6.83. The third-order valence-electron chi connectivity index (χ3n) is 3.86. The van der Waals surface area contributed by atoms with Crippen molar-refractivity contribution in [2.45, 2.75) is 64.3 Å². The van der Waals surface area contributed by atoms with Crippen molar-refractivity contribution in [2.75, 3.05) is 0 Å². The summed E-state index contributed by atoms with van der Waals surface area (Å²) in [5.41, 5.74) is 5.16. The summed E-state index contributed by atoms with van der Waals surface area (Å²) in [5.74, 6) is 0.773. The fourth-order valence-corrected chi connectivity index (χ4v) is 2.46. The van der Waals surface area contributed by atoms with Gasteiger partial charge in [-0.2, -0.15) is 0 Å². The van der Waals surface area contributed by atoms with E-state index in [2.05, 4.69) is 24.3 Å². The first kappa shape index (κ1) is 14.8. The molecular formula is C13H25N3O2. The van der Waals surface area contributed by atoms with Crippen LogP contribution in [0.2, 0.25) is 0 Å². The summed E-state index contributed by atoms with van der Waals surface area (Å²) >= 11 is 0. The number of nitrogens with one attached hydrogen (secondary N) is 1. The second-order valence-corrected chi connectivity index (χ2v) is 5.40. The molecule has 0 unspecified atom stereocenters. The third kappa shape index (κ3) is 3.62. The van der Waals surface area contributed by atoms with E-state index in [0.717, 1.165) is 38.5 Å². The maximum Gasteiger partial charge on any atom is 0.220 e. The van der Waals surface area contributed by atoms with E-state index in [-0.39, 0.29) is 11.7 Å². The molecule has 0 aromatic carbocycles. The lowest BCUT2D eigenvalue weighted by Crippen LogP contribution is -2.59. The summed E-state index contributed by atoms with van der Waals surface area (Å²) in [6.45, 7) is 4.24. The molecule has 1 aliphatic carbocycles. The van der Waals surface area contributed by atoms with Crippen molar-refractivity contribution in [1.82, 2.24) is 5.32 Å². The van der Waals surface area contributed by atoms with E-state index in [1.165, 1.54) is 0 Å². The Morgan fingerprint density at radius 3 is 2.61 bits per heavy atom. The van der Waals surface area contributed by atoms with Gasteiger partial charge in [-0.15, -0.1) is 0 Å². The summed E-state index contributed by atoms with van der Waals surface area (Å²) in [5, 5.41) is 15.0. The van der Waals surface area contributed by atoms with E-state index < -0.39 is 5.54 Å². The smallest absolute Gasteiger partial charge is 0.220 e. The van der Waals surface area contributed by atoms with Gasteiger partial charge in [-0.05, 0) is 38.0 Å². The highest BCUT2D eigenvalue weighted by atomic mass is 16.4. The minimum Gasteiger partial charge on any atom is -0.409 e. The van der Waals surface area contributed by atoms with Gasteiger partial charge in [-0.1, -0.05) is 25.4 Å². The Hall–Kier alpha value is -1.26. The zero-order valence-corrected chi connectivity index (χ0v) is 11.4. The lowest BCUT2D eigenvalue weighted by Gasteiger charge is -2.39. The standard InChI is InChI=1S/C13H25N3O2/c1-3-4-5-11(17)15-13(12(14)16-18)8-6-10(2)7-9-13/h10,18H,3-9H2,1-2H3,(H2,14,16)(H,15,17). The molecule has 1 amide bonds. The Kier molecular flexibility index (Phi) is 5.44. The fraction of sp³-hybridized carbons (Fsp3) is 0.846. The van der Waals surface area contributed by atoms with Crippen LogP contribution in [-0.4, -0.2) is 22.5 Å². The average Bonchev–Trinajstić information content (AvgIpc) is 2.38. The molecule has 1 aliphatic rings. The largest absolute Gasteiger partial charge is 0.409 e. The molecule has 0 aliphatic heterocycles. The van der Waals surface area contributed by atoms with Crippen molar-refractivity contribution in [1.29, 1.82) is 0 Å². The van der Waals surface area contributed by atoms with E-state index in [0.29, 0.717) is 12.3 Å². The van der Waals surface area contributed by atoms with Crippen molar-refractivity contribution in [3.63, 3.8) is 0 Å². The van der Waals surface area contributed by atoms with Crippen LogP contribution in [0.5, 0.6) is 0 Å². The lowest BCUT2D eigenvalue weighted by molar-refractivity contribution is -0.122. The summed E-state index contributed by atoms with van der Waals surface area (Å²) in [4.78, 5) is 11.9. The summed E-state index contributed by atoms with van der Waals surface area (Å²) in [6.07, 6.45) is 5.85. The maximum atomic E-state index is 11.9. The number of amides is 1. The van der Waals surface area contributed by atoms with Gasteiger partial charge >= 0.3 is 0 Å². The van der Waals surface area contributed by atoms with Crippen LogP contribution in [0.25, 0.3) is 0 Å². The van der Waals surface area contributed by atoms with Gasteiger partial charge in [-0.25, -0.2) is 0 Å². The van der Waals surface area contributed by atoms with Gasteiger partial charge in [-0.3, -0.25) is 4.79 Å². The van der Waals surface area contributed by atoms with Crippen molar-refractivity contribution in [2.24, 2.45) is 16.8 Å². The Morgan fingerprint density at radius 1 is 1.50 bits per heavy atom. The van der Waals surface area contributed by atoms with Gasteiger partial charge in [0.2, 0.25) is 5.91 Å². The first-order chi connectivity index (χ1) is 8.54. The van der Waals surface area contributed by atoms with Gasteiger partial charge in [0.1, 0.15) is 5.54 Å². The predicted molar refractivity (Wildman–Crippen MR) is 71.4 cm³/mol. The number of carbonyl (C=O) groups is 1.